The lowest BCUT2D eigenvalue weighted by molar-refractivity contribution is 0.0697. The molecule has 0 spiro atoms. The number of nitrogens with one attached hydrogen (secondary N) is 1. The van der Waals surface area contributed by atoms with Crippen molar-refractivity contribution in [2.75, 3.05) is 5.32 Å². The first-order valence-corrected chi connectivity index (χ1v) is 6.91. The zero-order valence-corrected chi connectivity index (χ0v) is 12.0. The molecule has 21 heavy (non-hydrogen) atoms. The van der Waals surface area contributed by atoms with Crippen LogP contribution in [-0.4, -0.2) is 17.0 Å². The number of anilines is 1. The number of hydrogen-bond acceptors (Lipinski definition) is 4. The largest absolute Gasteiger partial charge is 0.478 e. The second kappa shape index (κ2) is 5.92. The highest BCUT2D eigenvalue weighted by Gasteiger charge is 2.11. The molecule has 1 heterocycles. The molecule has 110 valence electrons. The van der Waals surface area contributed by atoms with Crippen LogP contribution in [0.25, 0.3) is 0 Å². The molecular weight excluding hydrogens is 295 g/mol. The number of rotatable bonds is 5. The second-order valence-corrected chi connectivity index (χ2v) is 5.45. The van der Waals surface area contributed by atoms with Gasteiger partial charge in [-0.15, -0.1) is 11.3 Å². The van der Waals surface area contributed by atoms with E-state index >= 15 is 0 Å². The summed E-state index contributed by atoms with van der Waals surface area (Å²) in [6, 6.07) is 4.12. The Labute approximate surface area is 124 Å². The molecule has 1 aromatic carbocycles. The number of benzene rings is 1. The average Bonchev–Trinajstić information content (AvgIpc) is 2.89. The minimum Gasteiger partial charge on any atom is -0.478 e. The first kappa shape index (κ1) is 15.0. The first-order valence-electron chi connectivity index (χ1n) is 6.03. The Morgan fingerprint density at radius 3 is 2.62 bits per heavy atom. The van der Waals surface area contributed by atoms with E-state index in [1.165, 1.54) is 22.8 Å². The number of aromatic carboxylic acids is 1. The molecule has 2 aromatic rings. The number of nitrogens with two attached hydrogens (primary N) is 1. The third-order valence-corrected chi connectivity index (χ3v) is 3.92. The molecule has 0 bridgehead atoms. The van der Waals surface area contributed by atoms with E-state index in [0.29, 0.717) is 17.8 Å². The van der Waals surface area contributed by atoms with Crippen molar-refractivity contribution < 1.29 is 19.1 Å². The molecule has 0 fully saturated rings. The van der Waals surface area contributed by atoms with E-state index in [1.807, 2.05) is 0 Å². The van der Waals surface area contributed by atoms with Crippen LogP contribution in [-0.2, 0) is 6.54 Å². The molecule has 0 aliphatic carbocycles. The third kappa shape index (κ3) is 3.38. The van der Waals surface area contributed by atoms with E-state index in [4.69, 9.17) is 10.8 Å². The minimum absolute atomic E-state index is 0.0815. The van der Waals surface area contributed by atoms with Crippen LogP contribution < -0.4 is 11.1 Å². The fourth-order valence-corrected chi connectivity index (χ4v) is 2.57. The van der Waals surface area contributed by atoms with Gasteiger partial charge in [0.05, 0.1) is 5.56 Å². The van der Waals surface area contributed by atoms with Crippen molar-refractivity contribution >= 4 is 28.9 Å². The van der Waals surface area contributed by atoms with Crippen molar-refractivity contribution in [3.8, 4) is 0 Å². The highest BCUT2D eigenvalue weighted by Crippen LogP contribution is 2.23. The quantitative estimate of drug-likeness (QED) is 0.791. The molecule has 0 saturated carbocycles. The molecule has 2 rings (SSSR count). The van der Waals surface area contributed by atoms with E-state index in [-0.39, 0.29) is 11.1 Å². The molecule has 0 unspecified atom stereocenters. The molecule has 5 nitrogen and oxygen atoms in total. The maximum absolute atomic E-state index is 13.7. The van der Waals surface area contributed by atoms with Crippen molar-refractivity contribution in [2.45, 2.75) is 13.5 Å². The zero-order valence-electron chi connectivity index (χ0n) is 11.1. The highest BCUT2D eigenvalue weighted by molar-refractivity contribution is 7.10. The average molecular weight is 308 g/mol. The van der Waals surface area contributed by atoms with Gasteiger partial charge >= 0.3 is 5.97 Å². The summed E-state index contributed by atoms with van der Waals surface area (Å²) in [5.74, 6) is -2.22. The lowest BCUT2D eigenvalue weighted by Crippen LogP contribution is -2.13. The number of carboxylic acid groups (broad SMARTS) is 1. The monoisotopic (exact) mass is 308 g/mol. The van der Waals surface area contributed by atoms with Crippen LogP contribution in [0.1, 0.15) is 31.2 Å². The van der Waals surface area contributed by atoms with Gasteiger partial charge in [0.2, 0.25) is 5.91 Å². The fraction of sp³-hybridized carbons (Fsp3) is 0.143. The van der Waals surface area contributed by atoms with Crippen LogP contribution in [0, 0.1) is 12.7 Å². The SMILES string of the molecule is Cc1c(F)cc(C(N)=O)cc1NCc1cc(C(=O)O)cs1. The van der Waals surface area contributed by atoms with Gasteiger partial charge in [0.15, 0.2) is 0 Å². The maximum Gasteiger partial charge on any atom is 0.336 e. The molecule has 4 N–H and O–H groups in total. The number of hydrogen-bond donors (Lipinski definition) is 3. The van der Waals surface area contributed by atoms with E-state index in [9.17, 15) is 14.0 Å². The zero-order chi connectivity index (χ0) is 15.6. The predicted octanol–water partition coefficient (Wildman–Crippen LogP) is 2.60. The molecular formula is C14H13FN2O3S. The third-order valence-electron chi connectivity index (χ3n) is 2.98. The smallest absolute Gasteiger partial charge is 0.336 e. The van der Waals surface area contributed by atoms with Crippen LogP contribution in [0.3, 0.4) is 0 Å². The Morgan fingerprint density at radius 2 is 2.05 bits per heavy atom. The van der Waals surface area contributed by atoms with E-state index in [1.54, 1.807) is 13.0 Å². The highest BCUT2D eigenvalue weighted by atomic mass is 32.1. The topological polar surface area (TPSA) is 92.4 Å². The van der Waals surface area contributed by atoms with Gasteiger partial charge in [0.25, 0.3) is 0 Å². The van der Waals surface area contributed by atoms with E-state index < -0.39 is 17.7 Å². The summed E-state index contributed by atoms with van der Waals surface area (Å²) in [6.07, 6.45) is 0. The Kier molecular flexibility index (Phi) is 4.23. The number of thiophene rings is 1. The number of carboxylic acids is 1. The summed E-state index contributed by atoms with van der Waals surface area (Å²) in [5, 5.41) is 13.4. The van der Waals surface area contributed by atoms with Gasteiger partial charge in [-0.25, -0.2) is 9.18 Å². The van der Waals surface area contributed by atoms with Gasteiger partial charge in [-0.05, 0) is 25.1 Å². The maximum atomic E-state index is 13.7. The normalized spacial score (nSPS) is 10.4. The van der Waals surface area contributed by atoms with E-state index in [2.05, 4.69) is 5.32 Å². The van der Waals surface area contributed by atoms with Gasteiger partial charge in [-0.2, -0.15) is 0 Å². The molecule has 0 saturated heterocycles. The standard InChI is InChI=1S/C14H13FN2O3S/c1-7-11(15)3-8(13(16)18)4-12(7)17-5-10-2-9(6-21-10)14(19)20/h2-4,6,17H,5H2,1H3,(H2,16,18)(H,19,20). The molecule has 1 aromatic heterocycles. The van der Waals surface area contributed by atoms with Crippen molar-refractivity contribution in [3.05, 3.63) is 51.0 Å². The van der Waals surface area contributed by atoms with E-state index in [0.717, 1.165) is 10.9 Å². The van der Waals surface area contributed by atoms with Gasteiger partial charge in [0.1, 0.15) is 5.82 Å². The molecule has 7 heteroatoms. The Morgan fingerprint density at radius 1 is 1.33 bits per heavy atom. The lowest BCUT2D eigenvalue weighted by Gasteiger charge is -2.11. The summed E-state index contributed by atoms with van der Waals surface area (Å²) in [4.78, 5) is 22.7. The predicted molar refractivity (Wildman–Crippen MR) is 78.3 cm³/mol. The molecule has 0 radical (unpaired) electrons. The first-order chi connectivity index (χ1) is 9.88. The van der Waals surface area contributed by atoms with Gasteiger partial charge in [-0.3, -0.25) is 4.79 Å². The molecule has 0 aliphatic heterocycles. The van der Waals surface area contributed by atoms with Crippen molar-refractivity contribution in [3.63, 3.8) is 0 Å². The van der Waals surface area contributed by atoms with Crippen LogP contribution in [0.15, 0.2) is 23.6 Å². The van der Waals surface area contributed by atoms with Gasteiger partial charge in [-0.1, -0.05) is 0 Å². The van der Waals surface area contributed by atoms with Gasteiger partial charge in [0, 0.05) is 33.6 Å². The summed E-state index contributed by atoms with van der Waals surface area (Å²) >= 11 is 1.29. The van der Waals surface area contributed by atoms with Crippen molar-refractivity contribution in [2.24, 2.45) is 5.73 Å². The van der Waals surface area contributed by atoms with Crippen LogP contribution in [0.2, 0.25) is 0 Å². The van der Waals surface area contributed by atoms with Gasteiger partial charge < -0.3 is 16.2 Å². The fourth-order valence-electron chi connectivity index (χ4n) is 1.77. The number of carbonyl (C=O) groups is 2. The van der Waals surface area contributed by atoms with Crippen LogP contribution in [0.4, 0.5) is 10.1 Å². The summed E-state index contributed by atoms with van der Waals surface area (Å²) in [6.45, 7) is 1.92. The summed E-state index contributed by atoms with van der Waals surface area (Å²) < 4.78 is 13.7. The molecule has 0 aliphatic rings. The number of amides is 1. The number of halogens is 1. The molecule has 0 atom stereocenters. The molecule has 1 amide bonds. The summed E-state index contributed by atoms with van der Waals surface area (Å²) in [7, 11) is 0. The number of primary amides is 1. The Balaban J connectivity index is 2.18. The minimum atomic E-state index is -0.990. The number of carbonyl (C=O) groups excluding carboxylic acids is 1. The Bertz CT molecular complexity index is 712. The van der Waals surface area contributed by atoms with Crippen molar-refractivity contribution in [1.29, 1.82) is 0 Å². The van der Waals surface area contributed by atoms with Crippen LogP contribution in [0.5, 0.6) is 0 Å². The lowest BCUT2D eigenvalue weighted by atomic mass is 10.1. The van der Waals surface area contributed by atoms with Crippen LogP contribution >= 0.6 is 11.3 Å². The second-order valence-electron chi connectivity index (χ2n) is 4.46. The summed E-state index contributed by atoms with van der Waals surface area (Å²) in [5.41, 5.74) is 6.27. The Hall–Kier alpha value is -2.41. The van der Waals surface area contributed by atoms with Crippen molar-refractivity contribution in [1.82, 2.24) is 0 Å².